The van der Waals surface area contributed by atoms with E-state index in [1.807, 2.05) is 11.3 Å². The summed E-state index contributed by atoms with van der Waals surface area (Å²) < 4.78 is 1.44. The van der Waals surface area contributed by atoms with Gasteiger partial charge in [0.2, 0.25) is 0 Å². The summed E-state index contributed by atoms with van der Waals surface area (Å²) in [7, 11) is 0. The van der Waals surface area contributed by atoms with E-state index < -0.39 is 0 Å². The van der Waals surface area contributed by atoms with Crippen LogP contribution in [0.3, 0.4) is 0 Å². The summed E-state index contributed by atoms with van der Waals surface area (Å²) in [5.74, 6) is 2.12. The Morgan fingerprint density at radius 3 is 2.78 bits per heavy atom. The first-order valence-electron chi connectivity index (χ1n) is 6.81. The van der Waals surface area contributed by atoms with E-state index in [1.165, 1.54) is 41.1 Å². The van der Waals surface area contributed by atoms with Gasteiger partial charge in [-0.3, -0.25) is 0 Å². The number of thiophene rings is 1. The molecule has 0 N–H and O–H groups in total. The summed E-state index contributed by atoms with van der Waals surface area (Å²) in [6, 6.07) is 8.86. The molecule has 0 nitrogen and oxygen atoms in total. The zero-order valence-corrected chi connectivity index (χ0v) is 12.8. The van der Waals surface area contributed by atoms with Gasteiger partial charge in [0.15, 0.2) is 0 Å². The fraction of sp³-hybridized carbons (Fsp3) is 0.500. The average Bonchev–Trinajstić information content (AvgIpc) is 2.86. The van der Waals surface area contributed by atoms with Crippen LogP contribution in [-0.2, 0) is 6.42 Å². The molecule has 2 aliphatic rings. The molecule has 0 bridgehead atoms. The fourth-order valence-corrected chi connectivity index (χ4v) is 5.50. The Hall–Kier alpha value is -0.340. The summed E-state index contributed by atoms with van der Waals surface area (Å²) in [5.41, 5.74) is 2.13. The first-order valence-corrected chi connectivity index (χ1v) is 8.81. The maximum Gasteiger partial charge on any atom is 0.0345 e. The molecule has 0 amide bonds. The SMILES string of the molecule is BrCC1(Cc2csc3ccccc23)CC2CC2C1. The van der Waals surface area contributed by atoms with Crippen molar-refractivity contribution in [3.05, 3.63) is 35.2 Å². The predicted molar refractivity (Wildman–Crippen MR) is 82.6 cm³/mol. The second-order valence-corrected chi connectivity index (χ2v) is 7.70. The van der Waals surface area contributed by atoms with Crippen LogP contribution in [0, 0.1) is 17.3 Å². The largest absolute Gasteiger partial charge is 0.144 e. The van der Waals surface area contributed by atoms with Gasteiger partial charge < -0.3 is 0 Å². The van der Waals surface area contributed by atoms with Crippen LogP contribution in [0.15, 0.2) is 29.6 Å². The number of rotatable bonds is 3. The second kappa shape index (κ2) is 4.08. The van der Waals surface area contributed by atoms with E-state index >= 15 is 0 Å². The van der Waals surface area contributed by atoms with Crippen LogP contribution in [0.5, 0.6) is 0 Å². The lowest BCUT2D eigenvalue weighted by Crippen LogP contribution is -2.23. The zero-order valence-electron chi connectivity index (χ0n) is 10.4. The number of halogens is 1. The van der Waals surface area contributed by atoms with Gasteiger partial charge in [0, 0.05) is 10.0 Å². The van der Waals surface area contributed by atoms with Crippen LogP contribution in [0.4, 0.5) is 0 Å². The predicted octanol–water partition coefficient (Wildman–Crippen LogP) is 5.26. The number of hydrogen-bond donors (Lipinski definition) is 0. The van der Waals surface area contributed by atoms with Gasteiger partial charge in [-0.1, -0.05) is 34.1 Å². The van der Waals surface area contributed by atoms with Crippen LogP contribution < -0.4 is 0 Å². The van der Waals surface area contributed by atoms with E-state index in [0.717, 1.165) is 11.8 Å². The van der Waals surface area contributed by atoms with Crippen molar-refractivity contribution < 1.29 is 0 Å². The van der Waals surface area contributed by atoms with Crippen molar-refractivity contribution in [3.63, 3.8) is 0 Å². The zero-order chi connectivity index (χ0) is 12.2. The van der Waals surface area contributed by atoms with Crippen LogP contribution in [-0.4, -0.2) is 5.33 Å². The molecule has 1 aromatic heterocycles. The molecule has 2 atom stereocenters. The minimum Gasteiger partial charge on any atom is -0.144 e. The second-order valence-electron chi connectivity index (χ2n) is 6.23. The molecule has 0 radical (unpaired) electrons. The third kappa shape index (κ3) is 1.77. The average molecular weight is 321 g/mol. The van der Waals surface area contributed by atoms with Crippen molar-refractivity contribution in [3.8, 4) is 0 Å². The number of benzene rings is 1. The first-order chi connectivity index (χ1) is 8.80. The molecule has 2 saturated carbocycles. The minimum absolute atomic E-state index is 0.553. The minimum atomic E-state index is 0.553. The van der Waals surface area contributed by atoms with Gasteiger partial charge in [-0.05, 0) is 65.3 Å². The molecular weight excluding hydrogens is 304 g/mol. The molecule has 18 heavy (non-hydrogen) atoms. The lowest BCUT2D eigenvalue weighted by atomic mass is 9.79. The Morgan fingerprint density at radius 2 is 2.00 bits per heavy atom. The lowest BCUT2D eigenvalue weighted by Gasteiger charge is -2.28. The van der Waals surface area contributed by atoms with Crippen LogP contribution in [0.2, 0.25) is 0 Å². The molecule has 0 aliphatic heterocycles. The van der Waals surface area contributed by atoms with Gasteiger partial charge >= 0.3 is 0 Å². The van der Waals surface area contributed by atoms with E-state index in [0.29, 0.717) is 5.41 Å². The van der Waals surface area contributed by atoms with Crippen molar-refractivity contribution in [1.82, 2.24) is 0 Å². The highest BCUT2D eigenvalue weighted by Crippen LogP contribution is 2.61. The molecular formula is C16H17BrS. The van der Waals surface area contributed by atoms with Crippen LogP contribution in [0.25, 0.3) is 10.1 Å². The fourth-order valence-electron chi connectivity index (χ4n) is 3.88. The van der Waals surface area contributed by atoms with Gasteiger partial charge in [0.05, 0.1) is 0 Å². The monoisotopic (exact) mass is 320 g/mol. The van der Waals surface area contributed by atoms with Crippen molar-refractivity contribution in [2.24, 2.45) is 17.3 Å². The van der Waals surface area contributed by atoms with Crippen molar-refractivity contribution in [1.29, 1.82) is 0 Å². The highest BCUT2D eigenvalue weighted by atomic mass is 79.9. The maximum atomic E-state index is 3.79. The molecule has 0 saturated heterocycles. The van der Waals surface area contributed by atoms with E-state index in [-0.39, 0.29) is 0 Å². The summed E-state index contributed by atoms with van der Waals surface area (Å²) in [6.45, 7) is 0. The van der Waals surface area contributed by atoms with Gasteiger partial charge in [-0.2, -0.15) is 0 Å². The first kappa shape index (κ1) is 11.5. The molecule has 2 aromatic rings. The normalized spacial score (nSPS) is 33.8. The smallest absolute Gasteiger partial charge is 0.0345 e. The Kier molecular flexibility index (Phi) is 2.60. The van der Waals surface area contributed by atoms with Gasteiger partial charge in [0.1, 0.15) is 0 Å². The Balaban J connectivity index is 1.67. The van der Waals surface area contributed by atoms with E-state index in [1.54, 1.807) is 5.56 Å². The van der Waals surface area contributed by atoms with Crippen LogP contribution >= 0.6 is 27.3 Å². The Bertz CT molecular complexity index is 576. The van der Waals surface area contributed by atoms with Gasteiger partial charge in [-0.15, -0.1) is 11.3 Å². The highest BCUT2D eigenvalue weighted by molar-refractivity contribution is 9.09. The molecule has 2 heteroatoms. The number of fused-ring (bicyclic) bond motifs is 2. The molecule has 2 aliphatic carbocycles. The number of alkyl halides is 1. The van der Waals surface area contributed by atoms with Crippen molar-refractivity contribution in [2.75, 3.05) is 5.33 Å². The molecule has 2 unspecified atom stereocenters. The van der Waals surface area contributed by atoms with E-state index in [4.69, 9.17) is 0 Å². The van der Waals surface area contributed by atoms with Crippen molar-refractivity contribution in [2.45, 2.75) is 25.7 Å². The summed E-state index contributed by atoms with van der Waals surface area (Å²) >= 11 is 5.70. The third-order valence-corrected chi connectivity index (χ3v) is 7.07. The molecule has 0 spiro atoms. The molecule has 1 heterocycles. The summed E-state index contributed by atoms with van der Waals surface area (Å²) in [4.78, 5) is 0. The third-order valence-electron chi connectivity index (χ3n) is 4.87. The maximum absolute atomic E-state index is 3.79. The molecule has 2 fully saturated rings. The summed E-state index contributed by atoms with van der Waals surface area (Å²) in [6.07, 6.45) is 5.69. The lowest BCUT2D eigenvalue weighted by molar-refractivity contribution is 0.309. The van der Waals surface area contributed by atoms with Gasteiger partial charge in [-0.25, -0.2) is 0 Å². The quantitative estimate of drug-likeness (QED) is 0.677. The van der Waals surface area contributed by atoms with E-state index in [9.17, 15) is 0 Å². The van der Waals surface area contributed by atoms with Crippen molar-refractivity contribution >= 4 is 37.4 Å². The Morgan fingerprint density at radius 1 is 1.22 bits per heavy atom. The van der Waals surface area contributed by atoms with Gasteiger partial charge in [0.25, 0.3) is 0 Å². The van der Waals surface area contributed by atoms with E-state index in [2.05, 4.69) is 45.6 Å². The highest BCUT2D eigenvalue weighted by Gasteiger charge is 2.53. The summed E-state index contributed by atoms with van der Waals surface area (Å²) in [5, 5.41) is 5.05. The Labute approximate surface area is 121 Å². The molecule has 1 aromatic carbocycles. The molecule has 4 rings (SSSR count). The number of hydrogen-bond acceptors (Lipinski definition) is 1. The topological polar surface area (TPSA) is 0 Å². The standard InChI is InChI=1S/C16H17BrS/c17-10-16(6-11-5-12(11)7-16)8-13-9-18-15-4-2-1-3-14(13)15/h1-4,9,11-12H,5-8,10H2. The molecule has 94 valence electrons. The van der Waals surface area contributed by atoms with Crippen LogP contribution in [0.1, 0.15) is 24.8 Å².